The molecule has 1 atom stereocenters. The SMILES string of the molecule is CCC(C)Nc1nc(-c2ccc(C)cc2)nnc1C. The second-order valence-corrected chi connectivity index (χ2v) is 4.89. The van der Waals surface area contributed by atoms with Crippen molar-refractivity contribution in [2.75, 3.05) is 5.32 Å². The second kappa shape index (κ2) is 5.78. The number of hydrogen-bond donors (Lipinski definition) is 1. The van der Waals surface area contributed by atoms with Crippen molar-refractivity contribution in [3.8, 4) is 11.4 Å². The van der Waals surface area contributed by atoms with Crippen molar-refractivity contribution < 1.29 is 0 Å². The minimum absolute atomic E-state index is 0.376. The van der Waals surface area contributed by atoms with Crippen molar-refractivity contribution >= 4 is 5.82 Å². The van der Waals surface area contributed by atoms with E-state index in [0.717, 1.165) is 23.5 Å². The van der Waals surface area contributed by atoms with Crippen molar-refractivity contribution in [1.29, 1.82) is 0 Å². The van der Waals surface area contributed by atoms with Gasteiger partial charge >= 0.3 is 0 Å². The predicted molar refractivity (Wildman–Crippen MR) is 78.1 cm³/mol. The smallest absolute Gasteiger partial charge is 0.183 e. The first-order chi connectivity index (χ1) is 9.10. The lowest BCUT2D eigenvalue weighted by atomic mass is 10.1. The van der Waals surface area contributed by atoms with Crippen LogP contribution >= 0.6 is 0 Å². The van der Waals surface area contributed by atoms with Gasteiger partial charge in [0.2, 0.25) is 0 Å². The van der Waals surface area contributed by atoms with E-state index in [2.05, 4.69) is 53.4 Å². The van der Waals surface area contributed by atoms with Crippen molar-refractivity contribution in [2.24, 2.45) is 0 Å². The molecule has 0 aliphatic heterocycles. The molecule has 0 fully saturated rings. The molecule has 0 saturated carbocycles. The lowest BCUT2D eigenvalue weighted by molar-refractivity contribution is 0.752. The van der Waals surface area contributed by atoms with E-state index < -0.39 is 0 Å². The van der Waals surface area contributed by atoms with Gasteiger partial charge in [-0.25, -0.2) is 4.98 Å². The minimum atomic E-state index is 0.376. The molecular formula is C15H20N4. The Kier molecular flexibility index (Phi) is 4.10. The molecule has 1 aromatic heterocycles. The molecule has 2 aromatic rings. The number of nitrogens with zero attached hydrogens (tertiary/aromatic N) is 3. The van der Waals surface area contributed by atoms with E-state index in [-0.39, 0.29) is 0 Å². The van der Waals surface area contributed by atoms with Crippen LogP contribution in [0.25, 0.3) is 11.4 Å². The van der Waals surface area contributed by atoms with Gasteiger partial charge in [-0.2, -0.15) is 0 Å². The maximum absolute atomic E-state index is 4.58. The number of benzene rings is 1. The van der Waals surface area contributed by atoms with E-state index in [1.165, 1.54) is 5.56 Å². The highest BCUT2D eigenvalue weighted by Crippen LogP contribution is 2.18. The molecule has 4 nitrogen and oxygen atoms in total. The van der Waals surface area contributed by atoms with Crippen molar-refractivity contribution in [1.82, 2.24) is 15.2 Å². The molecular weight excluding hydrogens is 236 g/mol. The van der Waals surface area contributed by atoms with Crippen LogP contribution < -0.4 is 5.32 Å². The lowest BCUT2D eigenvalue weighted by Gasteiger charge is -2.14. The van der Waals surface area contributed by atoms with E-state index in [9.17, 15) is 0 Å². The van der Waals surface area contributed by atoms with Crippen molar-refractivity contribution in [2.45, 2.75) is 40.2 Å². The highest BCUT2D eigenvalue weighted by atomic mass is 15.2. The Labute approximate surface area is 114 Å². The van der Waals surface area contributed by atoms with Gasteiger partial charge in [0.1, 0.15) is 5.69 Å². The summed E-state index contributed by atoms with van der Waals surface area (Å²) in [4.78, 5) is 4.58. The van der Waals surface area contributed by atoms with Gasteiger partial charge in [-0.3, -0.25) is 0 Å². The standard InChI is InChI=1S/C15H20N4/c1-5-11(3)16-14-12(4)18-19-15(17-14)13-8-6-10(2)7-9-13/h6-9,11H,5H2,1-4H3,(H,16,17,19). The van der Waals surface area contributed by atoms with Crippen LogP contribution in [0.4, 0.5) is 5.82 Å². The molecule has 0 amide bonds. The van der Waals surface area contributed by atoms with Crippen LogP contribution in [-0.2, 0) is 0 Å². The Bertz CT molecular complexity index is 549. The Balaban J connectivity index is 2.32. The van der Waals surface area contributed by atoms with Gasteiger partial charge in [0.05, 0.1) is 0 Å². The average molecular weight is 256 g/mol. The average Bonchev–Trinajstić information content (AvgIpc) is 2.42. The van der Waals surface area contributed by atoms with Crippen LogP contribution in [0.15, 0.2) is 24.3 Å². The van der Waals surface area contributed by atoms with Crippen LogP contribution in [-0.4, -0.2) is 21.2 Å². The van der Waals surface area contributed by atoms with Gasteiger partial charge in [-0.15, -0.1) is 10.2 Å². The van der Waals surface area contributed by atoms with E-state index in [0.29, 0.717) is 11.9 Å². The van der Waals surface area contributed by atoms with E-state index in [4.69, 9.17) is 0 Å². The highest BCUT2D eigenvalue weighted by Gasteiger charge is 2.09. The van der Waals surface area contributed by atoms with Crippen LogP contribution in [0.1, 0.15) is 31.5 Å². The largest absolute Gasteiger partial charge is 0.366 e. The molecule has 1 aromatic carbocycles. The third-order valence-electron chi connectivity index (χ3n) is 3.16. The van der Waals surface area contributed by atoms with E-state index in [1.54, 1.807) is 0 Å². The summed E-state index contributed by atoms with van der Waals surface area (Å²) in [6.07, 6.45) is 1.04. The number of rotatable bonds is 4. The summed E-state index contributed by atoms with van der Waals surface area (Å²) in [6, 6.07) is 8.53. The molecule has 1 unspecified atom stereocenters. The molecule has 4 heteroatoms. The third-order valence-corrected chi connectivity index (χ3v) is 3.16. The van der Waals surface area contributed by atoms with E-state index >= 15 is 0 Å². The van der Waals surface area contributed by atoms with Crippen LogP contribution in [0.5, 0.6) is 0 Å². The number of anilines is 1. The summed E-state index contributed by atoms with van der Waals surface area (Å²) in [7, 11) is 0. The number of aromatic nitrogens is 3. The summed E-state index contributed by atoms with van der Waals surface area (Å²) >= 11 is 0. The first-order valence-electron chi connectivity index (χ1n) is 6.65. The molecule has 1 N–H and O–H groups in total. The highest BCUT2D eigenvalue weighted by molar-refractivity contribution is 5.57. The van der Waals surface area contributed by atoms with Crippen molar-refractivity contribution in [3.63, 3.8) is 0 Å². The molecule has 0 aliphatic rings. The zero-order valence-electron chi connectivity index (χ0n) is 11.9. The molecule has 0 saturated heterocycles. The fourth-order valence-electron chi connectivity index (χ4n) is 1.68. The van der Waals surface area contributed by atoms with E-state index in [1.807, 2.05) is 19.1 Å². The number of aryl methyl sites for hydroxylation is 2. The topological polar surface area (TPSA) is 50.7 Å². The maximum Gasteiger partial charge on any atom is 0.183 e. The first kappa shape index (κ1) is 13.5. The normalized spacial score (nSPS) is 12.2. The summed E-state index contributed by atoms with van der Waals surface area (Å²) in [5, 5.41) is 11.7. The zero-order valence-corrected chi connectivity index (χ0v) is 11.9. The van der Waals surface area contributed by atoms with Gasteiger partial charge in [0.15, 0.2) is 11.6 Å². The Hall–Kier alpha value is -1.97. The van der Waals surface area contributed by atoms with Crippen LogP contribution in [0.3, 0.4) is 0 Å². The molecule has 0 bridgehead atoms. The fraction of sp³-hybridized carbons (Fsp3) is 0.400. The monoisotopic (exact) mass is 256 g/mol. The van der Waals surface area contributed by atoms with Gasteiger partial charge in [-0.05, 0) is 27.2 Å². The maximum atomic E-state index is 4.58. The van der Waals surface area contributed by atoms with Crippen LogP contribution in [0.2, 0.25) is 0 Å². The summed E-state index contributed by atoms with van der Waals surface area (Å²) < 4.78 is 0. The molecule has 0 aliphatic carbocycles. The Morgan fingerprint density at radius 2 is 1.79 bits per heavy atom. The molecule has 2 rings (SSSR count). The molecule has 100 valence electrons. The lowest BCUT2D eigenvalue weighted by Crippen LogP contribution is -2.16. The molecule has 1 heterocycles. The summed E-state index contributed by atoms with van der Waals surface area (Å²) in [5.41, 5.74) is 3.04. The molecule has 19 heavy (non-hydrogen) atoms. The number of hydrogen-bond acceptors (Lipinski definition) is 4. The summed E-state index contributed by atoms with van der Waals surface area (Å²) in [6.45, 7) is 8.26. The second-order valence-electron chi connectivity index (χ2n) is 4.89. The molecule has 0 spiro atoms. The van der Waals surface area contributed by atoms with Crippen LogP contribution in [0, 0.1) is 13.8 Å². The fourth-order valence-corrected chi connectivity index (χ4v) is 1.68. The third kappa shape index (κ3) is 3.28. The minimum Gasteiger partial charge on any atom is -0.366 e. The first-order valence-corrected chi connectivity index (χ1v) is 6.65. The Morgan fingerprint density at radius 3 is 2.42 bits per heavy atom. The van der Waals surface area contributed by atoms with Crippen molar-refractivity contribution in [3.05, 3.63) is 35.5 Å². The number of nitrogens with one attached hydrogen (secondary N) is 1. The predicted octanol–water partition coefficient (Wildman–Crippen LogP) is 3.37. The zero-order chi connectivity index (χ0) is 13.8. The quantitative estimate of drug-likeness (QED) is 0.911. The summed E-state index contributed by atoms with van der Waals surface area (Å²) in [5.74, 6) is 1.48. The van der Waals surface area contributed by atoms with Gasteiger partial charge in [0, 0.05) is 11.6 Å². The molecule has 0 radical (unpaired) electrons. The van der Waals surface area contributed by atoms with Gasteiger partial charge in [0.25, 0.3) is 0 Å². The van der Waals surface area contributed by atoms with Gasteiger partial charge < -0.3 is 5.32 Å². The van der Waals surface area contributed by atoms with Gasteiger partial charge in [-0.1, -0.05) is 36.8 Å². The Morgan fingerprint density at radius 1 is 1.11 bits per heavy atom.